The van der Waals surface area contributed by atoms with E-state index in [4.69, 9.17) is 0 Å². The number of hydrogen-bond donors (Lipinski definition) is 0. The quantitative estimate of drug-likeness (QED) is 0.0871. The second-order valence-electron chi connectivity index (χ2n) is 22.7. The standard InChI is InChI=1S/C59H72N2O5/c1-37-26-28-52-50(30-37)54-53(61(52,66)47-35-44(58(64)40-20-10-4-11-21-40)32-45(36-47)59(65)41-22-12-5-13-23-41)29-27-49-48-24-14-15-25-51(48)60(55(49)54)46-33-42(56(62)38-16-6-2-7-17-38)31-43(34-46)57(63)39-18-8-3-9-19-39/h4-5,10-13,20-23,32,35-36,38-39,42-43,46,48-55H,1-3,6-9,14-19,24-31,33-34H2. The fourth-order valence-corrected chi connectivity index (χ4v) is 16.5. The lowest BCUT2D eigenvalue weighted by Gasteiger charge is -2.53. The molecule has 0 N–H and O–H groups in total. The van der Waals surface area contributed by atoms with Crippen molar-refractivity contribution < 1.29 is 19.2 Å². The van der Waals surface area contributed by atoms with Gasteiger partial charge < -0.3 is 9.85 Å². The van der Waals surface area contributed by atoms with Crippen LogP contribution in [0.5, 0.6) is 0 Å². The molecule has 3 aromatic carbocycles. The van der Waals surface area contributed by atoms with Crippen LogP contribution < -0.4 is 4.65 Å². The largest absolute Gasteiger partial charge is 0.627 e. The van der Waals surface area contributed by atoms with E-state index >= 15 is 5.21 Å². The number of ketones is 4. The lowest BCUT2D eigenvalue weighted by molar-refractivity contribution is -0.135. The van der Waals surface area contributed by atoms with Crippen LogP contribution in [0.1, 0.15) is 173 Å². The van der Waals surface area contributed by atoms with E-state index in [-0.39, 0.29) is 71.2 Å². The predicted molar refractivity (Wildman–Crippen MR) is 261 cm³/mol. The zero-order valence-electron chi connectivity index (χ0n) is 39.2. The van der Waals surface area contributed by atoms with Crippen molar-refractivity contribution in [3.63, 3.8) is 0 Å². The van der Waals surface area contributed by atoms with Crippen LogP contribution in [0, 0.1) is 52.6 Å². The normalized spacial score (nSPS) is 36.1. The molecule has 11 rings (SSSR count). The first-order chi connectivity index (χ1) is 32.2. The molecule has 11 unspecified atom stereocenters. The smallest absolute Gasteiger partial charge is 0.193 e. The lowest BCUT2D eigenvalue weighted by atomic mass is 9.64. The molecule has 0 bridgehead atoms. The minimum atomic E-state index is -0.504. The second kappa shape index (κ2) is 18.5. The number of quaternary nitrogens is 1. The zero-order valence-corrected chi connectivity index (χ0v) is 39.2. The van der Waals surface area contributed by atoms with Gasteiger partial charge in [0.2, 0.25) is 0 Å². The summed E-state index contributed by atoms with van der Waals surface area (Å²) in [6.45, 7) is 4.60. The Labute approximate surface area is 393 Å². The summed E-state index contributed by atoms with van der Waals surface area (Å²) >= 11 is 0. The van der Waals surface area contributed by atoms with Gasteiger partial charge in [0, 0.05) is 101 Å². The summed E-state index contributed by atoms with van der Waals surface area (Å²) in [6.07, 6.45) is 22.4. The maximum absolute atomic E-state index is 17.0. The van der Waals surface area contributed by atoms with Crippen LogP contribution in [-0.2, 0) is 9.59 Å². The highest BCUT2D eigenvalue weighted by molar-refractivity contribution is 6.14. The van der Waals surface area contributed by atoms with Crippen LogP contribution in [0.3, 0.4) is 0 Å². The minimum Gasteiger partial charge on any atom is -0.627 e. The van der Waals surface area contributed by atoms with Crippen LogP contribution in [0.2, 0.25) is 0 Å². The van der Waals surface area contributed by atoms with Crippen molar-refractivity contribution in [3.8, 4) is 0 Å². The molecule has 7 heteroatoms. The topological polar surface area (TPSA) is 94.6 Å². The van der Waals surface area contributed by atoms with E-state index in [1.54, 1.807) is 6.07 Å². The third-order valence-corrected chi connectivity index (χ3v) is 19.3. The highest BCUT2D eigenvalue weighted by atomic mass is 16.6. The summed E-state index contributed by atoms with van der Waals surface area (Å²) in [6, 6.07) is 24.2. The van der Waals surface area contributed by atoms with Gasteiger partial charge in [-0.1, -0.05) is 124 Å². The molecule has 8 aliphatic rings. The maximum atomic E-state index is 17.0. The lowest BCUT2D eigenvalue weighted by Crippen LogP contribution is -2.60. The Morgan fingerprint density at radius 1 is 0.530 bits per heavy atom. The number of fused-ring (bicyclic) bond motifs is 7. The number of hydrogen-bond acceptors (Lipinski definition) is 6. The first-order valence-corrected chi connectivity index (χ1v) is 26.6. The molecular weight excluding hydrogens is 817 g/mol. The van der Waals surface area contributed by atoms with Crippen molar-refractivity contribution in [2.45, 2.75) is 171 Å². The molecule has 2 saturated heterocycles. The molecule has 6 aliphatic carbocycles. The van der Waals surface area contributed by atoms with Crippen LogP contribution in [0.25, 0.3) is 0 Å². The third-order valence-electron chi connectivity index (χ3n) is 19.3. The number of carbonyl (C=O) groups excluding carboxylic acids is 4. The van der Waals surface area contributed by atoms with Crippen molar-refractivity contribution in [2.24, 2.45) is 47.3 Å². The number of likely N-dealkylation sites (tertiary alicyclic amines) is 1. The Hall–Kier alpha value is -4.04. The van der Waals surface area contributed by atoms with Crippen molar-refractivity contribution in [3.05, 3.63) is 118 Å². The average Bonchev–Trinajstić information content (AvgIpc) is 3.85. The van der Waals surface area contributed by atoms with E-state index in [0.717, 1.165) is 109 Å². The molecule has 6 saturated carbocycles. The summed E-state index contributed by atoms with van der Waals surface area (Å²) in [7, 11) is 0. The Balaban J connectivity index is 1.01. The van der Waals surface area contributed by atoms with Crippen LogP contribution in [0.4, 0.5) is 5.69 Å². The second-order valence-corrected chi connectivity index (χ2v) is 22.7. The Morgan fingerprint density at radius 3 is 1.65 bits per heavy atom. The van der Waals surface area contributed by atoms with E-state index < -0.39 is 4.65 Å². The first kappa shape index (κ1) is 44.5. The van der Waals surface area contributed by atoms with Crippen molar-refractivity contribution in [2.75, 3.05) is 0 Å². The minimum absolute atomic E-state index is 0.0736. The zero-order chi connectivity index (χ0) is 45.1. The van der Waals surface area contributed by atoms with Gasteiger partial charge >= 0.3 is 0 Å². The maximum Gasteiger partial charge on any atom is 0.193 e. The summed E-state index contributed by atoms with van der Waals surface area (Å²) in [5.74, 6) is 1.91. The van der Waals surface area contributed by atoms with E-state index in [0.29, 0.717) is 57.4 Å². The number of rotatable bonds is 10. The van der Waals surface area contributed by atoms with Gasteiger partial charge in [-0.3, -0.25) is 24.1 Å². The van der Waals surface area contributed by atoms with Gasteiger partial charge in [-0.2, -0.15) is 0 Å². The molecule has 0 spiro atoms. The predicted octanol–water partition coefficient (Wildman–Crippen LogP) is 12.4. The third kappa shape index (κ3) is 7.85. The monoisotopic (exact) mass is 889 g/mol. The molecule has 0 radical (unpaired) electrons. The highest BCUT2D eigenvalue weighted by Crippen LogP contribution is 2.63. The molecule has 0 aromatic heterocycles. The van der Waals surface area contributed by atoms with Crippen LogP contribution in [-0.4, -0.2) is 58.2 Å². The summed E-state index contributed by atoms with van der Waals surface area (Å²) in [5.41, 5.74) is 3.62. The van der Waals surface area contributed by atoms with Gasteiger partial charge in [0.1, 0.15) is 17.3 Å². The number of allylic oxidation sites excluding steroid dienone is 1. The Kier molecular flexibility index (Phi) is 12.4. The SMILES string of the molecule is C=C1CCC2C(C1)C1C3C(CCC1[N+]2([O-])c1cc(C(=O)c2ccccc2)cc(C(=O)c2ccccc2)c1)C1CCCCC1N3C1CC(C(=O)C2CCCCC2)CC(C(=O)C2CCCCC2)C1. The number of carbonyl (C=O) groups is 4. The van der Waals surface area contributed by atoms with Gasteiger partial charge in [0.15, 0.2) is 11.6 Å². The van der Waals surface area contributed by atoms with Gasteiger partial charge in [0.25, 0.3) is 0 Å². The highest BCUT2D eigenvalue weighted by Gasteiger charge is 2.68. The van der Waals surface area contributed by atoms with Crippen molar-refractivity contribution in [1.29, 1.82) is 0 Å². The number of hydroxylamine groups is 2. The van der Waals surface area contributed by atoms with Crippen LogP contribution in [0.15, 0.2) is 91.0 Å². The molecule has 2 aliphatic heterocycles. The fraction of sp³-hybridized carbons (Fsp3) is 0.593. The van der Waals surface area contributed by atoms with E-state index in [2.05, 4.69) is 11.5 Å². The molecule has 8 fully saturated rings. The number of benzene rings is 3. The molecule has 11 atom stereocenters. The van der Waals surface area contributed by atoms with Gasteiger partial charge in [-0.25, -0.2) is 0 Å². The first-order valence-electron chi connectivity index (χ1n) is 26.6. The van der Waals surface area contributed by atoms with Gasteiger partial charge in [-0.15, -0.1) is 0 Å². The summed E-state index contributed by atoms with van der Waals surface area (Å²) in [4.78, 5) is 61.3. The van der Waals surface area contributed by atoms with Crippen molar-refractivity contribution in [1.82, 2.24) is 9.55 Å². The van der Waals surface area contributed by atoms with Crippen LogP contribution >= 0.6 is 0 Å². The fourth-order valence-electron chi connectivity index (χ4n) is 16.5. The summed E-state index contributed by atoms with van der Waals surface area (Å²) < 4.78 is -0.504. The number of Topliss-reactive ketones (excluding diaryl/α,β-unsaturated/α-hetero) is 2. The molecule has 66 heavy (non-hydrogen) atoms. The van der Waals surface area contributed by atoms with E-state index in [1.165, 1.54) is 37.7 Å². The molecular formula is C59H72N2O5. The molecule has 0 amide bonds. The molecule has 7 nitrogen and oxygen atoms in total. The van der Waals surface area contributed by atoms with Gasteiger partial charge in [0.05, 0.1) is 12.1 Å². The van der Waals surface area contributed by atoms with E-state index in [9.17, 15) is 19.2 Å². The number of nitrogens with zero attached hydrogens (tertiary/aromatic N) is 2. The molecule has 3 aromatic rings. The Bertz CT molecular complexity index is 2210. The van der Waals surface area contributed by atoms with Crippen molar-refractivity contribution >= 4 is 28.8 Å². The molecule has 348 valence electrons. The van der Waals surface area contributed by atoms with E-state index in [1.807, 2.05) is 72.8 Å². The molecule has 2 heterocycles. The summed E-state index contributed by atoms with van der Waals surface area (Å²) in [5, 5.41) is 17.0. The average molecular weight is 889 g/mol. The Morgan fingerprint density at radius 2 is 1.08 bits per heavy atom. The van der Waals surface area contributed by atoms with Gasteiger partial charge in [-0.05, 0) is 95.0 Å².